The summed E-state index contributed by atoms with van der Waals surface area (Å²) >= 11 is 6.85. The Bertz CT molecular complexity index is 786. The number of ketones is 1. The molecule has 3 aromatic rings. The van der Waals surface area contributed by atoms with E-state index in [2.05, 4.69) is 42.5 Å². The Labute approximate surface area is 163 Å². The van der Waals surface area contributed by atoms with Gasteiger partial charge in [-0.15, -0.1) is 0 Å². The van der Waals surface area contributed by atoms with E-state index in [0.717, 1.165) is 20.3 Å². The monoisotopic (exact) mass is 458 g/mol. The third-order valence-corrected chi connectivity index (χ3v) is 4.69. The minimum atomic E-state index is -0.579. The van der Waals surface area contributed by atoms with Crippen LogP contribution < -0.4 is 10.6 Å². The SMILES string of the molecule is O=C(c1ccccc1)C(Nc1ccc(Br)cc1)Nc1ccc(Br)cc1. The molecular formula is C20H16Br2N2O. The lowest BCUT2D eigenvalue weighted by Gasteiger charge is -2.21. The van der Waals surface area contributed by atoms with Crippen LogP contribution in [0.4, 0.5) is 11.4 Å². The Morgan fingerprint density at radius 1 is 0.680 bits per heavy atom. The Morgan fingerprint density at radius 3 is 1.56 bits per heavy atom. The van der Waals surface area contributed by atoms with Crippen LogP contribution in [0, 0.1) is 0 Å². The maximum atomic E-state index is 12.9. The first-order valence-corrected chi connectivity index (χ1v) is 9.34. The zero-order chi connectivity index (χ0) is 17.6. The van der Waals surface area contributed by atoms with Gasteiger partial charge in [0, 0.05) is 25.9 Å². The molecular weight excluding hydrogens is 444 g/mol. The first-order valence-electron chi connectivity index (χ1n) is 7.75. The fraction of sp³-hybridized carbons (Fsp3) is 0.0500. The number of carbonyl (C=O) groups excluding carboxylic acids is 1. The van der Waals surface area contributed by atoms with Crippen LogP contribution in [-0.4, -0.2) is 11.9 Å². The number of anilines is 2. The molecule has 0 aliphatic heterocycles. The molecule has 0 aromatic heterocycles. The van der Waals surface area contributed by atoms with Gasteiger partial charge < -0.3 is 10.6 Å². The maximum absolute atomic E-state index is 12.9. The molecule has 0 saturated carbocycles. The predicted molar refractivity (Wildman–Crippen MR) is 110 cm³/mol. The fourth-order valence-corrected chi connectivity index (χ4v) is 2.89. The van der Waals surface area contributed by atoms with Crippen molar-refractivity contribution in [3.05, 3.63) is 93.4 Å². The molecule has 0 bridgehead atoms. The van der Waals surface area contributed by atoms with Gasteiger partial charge in [-0.2, -0.15) is 0 Å². The zero-order valence-corrected chi connectivity index (χ0v) is 16.4. The molecule has 3 aromatic carbocycles. The Balaban J connectivity index is 1.85. The number of Topliss-reactive ketones (excluding diaryl/α,β-unsaturated/α-hetero) is 1. The summed E-state index contributed by atoms with van der Waals surface area (Å²) in [6.45, 7) is 0. The summed E-state index contributed by atoms with van der Waals surface area (Å²) in [7, 11) is 0. The lowest BCUT2D eigenvalue weighted by atomic mass is 10.1. The number of hydrogen-bond donors (Lipinski definition) is 2. The van der Waals surface area contributed by atoms with Gasteiger partial charge in [0.2, 0.25) is 5.78 Å². The van der Waals surface area contributed by atoms with Gasteiger partial charge in [-0.25, -0.2) is 0 Å². The van der Waals surface area contributed by atoms with E-state index in [0.29, 0.717) is 5.56 Å². The van der Waals surface area contributed by atoms with Gasteiger partial charge in [0.05, 0.1) is 0 Å². The third kappa shape index (κ3) is 4.94. The minimum Gasteiger partial charge on any atom is -0.359 e. The van der Waals surface area contributed by atoms with E-state index in [-0.39, 0.29) is 5.78 Å². The van der Waals surface area contributed by atoms with Gasteiger partial charge in [-0.3, -0.25) is 4.79 Å². The van der Waals surface area contributed by atoms with Crippen molar-refractivity contribution in [2.75, 3.05) is 10.6 Å². The smallest absolute Gasteiger partial charge is 0.205 e. The van der Waals surface area contributed by atoms with Crippen molar-refractivity contribution < 1.29 is 4.79 Å². The highest BCUT2D eigenvalue weighted by atomic mass is 79.9. The van der Waals surface area contributed by atoms with Crippen molar-refractivity contribution in [2.45, 2.75) is 6.17 Å². The van der Waals surface area contributed by atoms with Gasteiger partial charge in [-0.1, -0.05) is 62.2 Å². The molecule has 3 rings (SSSR count). The highest BCUT2D eigenvalue weighted by Gasteiger charge is 2.19. The normalized spacial score (nSPS) is 10.5. The first-order chi connectivity index (χ1) is 12.1. The number of halogens is 2. The second kappa shape index (κ2) is 8.32. The Hall–Kier alpha value is -2.11. The van der Waals surface area contributed by atoms with Crippen molar-refractivity contribution in [3.63, 3.8) is 0 Å². The number of nitrogens with one attached hydrogen (secondary N) is 2. The van der Waals surface area contributed by atoms with E-state index < -0.39 is 6.17 Å². The topological polar surface area (TPSA) is 41.1 Å². The van der Waals surface area contributed by atoms with Gasteiger partial charge in [0.25, 0.3) is 0 Å². The van der Waals surface area contributed by atoms with Crippen molar-refractivity contribution in [1.29, 1.82) is 0 Å². The van der Waals surface area contributed by atoms with Crippen LogP contribution in [0.3, 0.4) is 0 Å². The summed E-state index contributed by atoms with van der Waals surface area (Å²) < 4.78 is 1.98. The molecule has 0 saturated heterocycles. The van der Waals surface area contributed by atoms with Gasteiger partial charge >= 0.3 is 0 Å². The summed E-state index contributed by atoms with van der Waals surface area (Å²) in [5.41, 5.74) is 2.38. The zero-order valence-electron chi connectivity index (χ0n) is 13.2. The molecule has 5 heteroatoms. The molecule has 0 amide bonds. The number of hydrogen-bond acceptors (Lipinski definition) is 3. The fourth-order valence-electron chi connectivity index (χ4n) is 2.36. The highest BCUT2D eigenvalue weighted by molar-refractivity contribution is 9.10. The van der Waals surface area contributed by atoms with Gasteiger partial charge in [0.15, 0.2) is 6.17 Å². The van der Waals surface area contributed by atoms with Gasteiger partial charge in [-0.05, 0) is 48.5 Å². The van der Waals surface area contributed by atoms with Gasteiger partial charge in [0.1, 0.15) is 0 Å². The molecule has 3 nitrogen and oxygen atoms in total. The molecule has 0 radical (unpaired) electrons. The Kier molecular flexibility index (Phi) is 5.89. The molecule has 25 heavy (non-hydrogen) atoms. The van der Waals surface area contributed by atoms with Crippen LogP contribution in [0.15, 0.2) is 87.8 Å². The van der Waals surface area contributed by atoms with Crippen molar-refractivity contribution in [2.24, 2.45) is 0 Å². The molecule has 126 valence electrons. The molecule has 0 unspecified atom stereocenters. The van der Waals surface area contributed by atoms with Crippen LogP contribution >= 0.6 is 31.9 Å². The lowest BCUT2D eigenvalue weighted by Crippen LogP contribution is -2.37. The second-order valence-corrected chi connectivity index (χ2v) is 7.30. The van der Waals surface area contributed by atoms with Crippen LogP contribution in [0.2, 0.25) is 0 Å². The molecule has 0 atom stereocenters. The highest BCUT2D eigenvalue weighted by Crippen LogP contribution is 2.19. The van der Waals surface area contributed by atoms with Crippen LogP contribution in [-0.2, 0) is 0 Å². The number of carbonyl (C=O) groups is 1. The van der Waals surface area contributed by atoms with Crippen LogP contribution in [0.1, 0.15) is 10.4 Å². The molecule has 0 aliphatic rings. The summed E-state index contributed by atoms with van der Waals surface area (Å²) in [5.74, 6) is -0.0218. The van der Waals surface area contributed by atoms with E-state index in [1.54, 1.807) is 0 Å². The summed E-state index contributed by atoms with van der Waals surface area (Å²) in [6.07, 6.45) is -0.579. The van der Waals surface area contributed by atoms with E-state index >= 15 is 0 Å². The number of benzene rings is 3. The molecule has 0 fully saturated rings. The largest absolute Gasteiger partial charge is 0.359 e. The molecule has 0 aliphatic carbocycles. The average molecular weight is 460 g/mol. The number of rotatable bonds is 6. The standard InChI is InChI=1S/C20H16Br2N2O/c21-15-6-10-17(11-7-15)23-20(19(25)14-4-2-1-3-5-14)24-18-12-8-16(22)9-13-18/h1-13,20,23-24H. The van der Waals surface area contributed by atoms with Crippen LogP contribution in [0.25, 0.3) is 0 Å². The lowest BCUT2D eigenvalue weighted by molar-refractivity contribution is 0.0978. The first kappa shape index (κ1) is 17.7. The molecule has 0 spiro atoms. The van der Waals surface area contributed by atoms with Crippen LogP contribution in [0.5, 0.6) is 0 Å². The van der Waals surface area contributed by atoms with Crippen molar-refractivity contribution in [3.8, 4) is 0 Å². The summed E-state index contributed by atoms with van der Waals surface area (Å²) in [5, 5.41) is 6.55. The Morgan fingerprint density at radius 2 is 1.12 bits per heavy atom. The van der Waals surface area contributed by atoms with E-state index in [9.17, 15) is 4.79 Å². The summed E-state index contributed by atoms with van der Waals surface area (Å²) in [4.78, 5) is 12.9. The molecule has 2 N–H and O–H groups in total. The maximum Gasteiger partial charge on any atom is 0.205 e. The van der Waals surface area contributed by atoms with Crippen molar-refractivity contribution in [1.82, 2.24) is 0 Å². The minimum absolute atomic E-state index is 0.0218. The van der Waals surface area contributed by atoms with Crippen molar-refractivity contribution >= 4 is 49.0 Å². The molecule has 0 heterocycles. The van der Waals surface area contributed by atoms with E-state index in [1.165, 1.54) is 0 Å². The van der Waals surface area contributed by atoms with E-state index in [1.807, 2.05) is 78.9 Å². The predicted octanol–water partition coefficient (Wildman–Crippen LogP) is 5.94. The third-order valence-electron chi connectivity index (χ3n) is 3.63. The average Bonchev–Trinajstić information content (AvgIpc) is 2.65. The summed E-state index contributed by atoms with van der Waals surface area (Å²) in [6, 6.07) is 24.7. The second-order valence-electron chi connectivity index (χ2n) is 5.47. The quantitative estimate of drug-likeness (QED) is 0.353. The van der Waals surface area contributed by atoms with E-state index in [4.69, 9.17) is 0 Å².